The van der Waals surface area contributed by atoms with Crippen LogP contribution in [-0.2, 0) is 10.2 Å². The van der Waals surface area contributed by atoms with E-state index in [1.807, 2.05) is 56.3 Å². The summed E-state index contributed by atoms with van der Waals surface area (Å²) in [6, 6.07) is 15.4. The number of aryl methyl sites for hydroxylation is 2. The molecular formula is C28H36N4O2. The highest BCUT2D eigenvalue weighted by atomic mass is 16.2. The number of benzene rings is 2. The zero-order chi connectivity index (χ0) is 25.0. The molecule has 0 bridgehead atoms. The minimum absolute atomic E-state index is 0.0244. The topological polar surface area (TPSA) is 67.2 Å². The van der Waals surface area contributed by atoms with Gasteiger partial charge in [-0.25, -0.2) is 4.68 Å². The Morgan fingerprint density at radius 3 is 2.32 bits per heavy atom. The number of nitrogens with one attached hydrogen (secondary N) is 1. The van der Waals surface area contributed by atoms with E-state index in [9.17, 15) is 9.59 Å². The summed E-state index contributed by atoms with van der Waals surface area (Å²) in [5.41, 5.74) is 5.55. The Morgan fingerprint density at radius 2 is 1.71 bits per heavy atom. The van der Waals surface area contributed by atoms with E-state index in [1.165, 1.54) is 0 Å². The molecule has 34 heavy (non-hydrogen) atoms. The molecule has 3 rings (SSSR count). The van der Waals surface area contributed by atoms with Crippen molar-refractivity contribution in [3.05, 3.63) is 76.5 Å². The summed E-state index contributed by atoms with van der Waals surface area (Å²) in [5.74, 6) is 0.208. The second kappa shape index (κ2) is 10.2. The molecule has 0 saturated heterocycles. The Labute approximate surface area is 203 Å². The Balaban J connectivity index is 1.89. The predicted molar refractivity (Wildman–Crippen MR) is 138 cm³/mol. The van der Waals surface area contributed by atoms with Crippen LogP contribution in [-0.4, -0.2) is 39.6 Å². The molecule has 2 amide bonds. The maximum atomic E-state index is 13.1. The molecule has 6 heteroatoms. The number of hydrogen-bond donors (Lipinski definition) is 1. The van der Waals surface area contributed by atoms with Gasteiger partial charge in [0.15, 0.2) is 0 Å². The molecule has 1 aromatic heterocycles. The molecule has 6 nitrogen and oxygen atoms in total. The quantitative estimate of drug-likeness (QED) is 0.500. The zero-order valence-electron chi connectivity index (χ0n) is 21.4. The second-order valence-corrected chi connectivity index (χ2v) is 9.94. The van der Waals surface area contributed by atoms with E-state index >= 15 is 0 Å². The number of amides is 2. The summed E-state index contributed by atoms with van der Waals surface area (Å²) in [5, 5.41) is 7.85. The third-order valence-electron chi connectivity index (χ3n) is 5.96. The summed E-state index contributed by atoms with van der Waals surface area (Å²) in [4.78, 5) is 27.8. The fourth-order valence-electron chi connectivity index (χ4n) is 3.74. The van der Waals surface area contributed by atoms with Crippen molar-refractivity contribution in [2.45, 2.75) is 60.3 Å². The lowest BCUT2D eigenvalue weighted by Gasteiger charge is -2.22. The minimum atomic E-state index is -0.249. The first-order valence-electron chi connectivity index (χ1n) is 11.8. The van der Waals surface area contributed by atoms with E-state index in [-0.39, 0.29) is 23.8 Å². The van der Waals surface area contributed by atoms with Crippen molar-refractivity contribution < 1.29 is 9.59 Å². The molecule has 0 fully saturated rings. The molecule has 0 atom stereocenters. The molecule has 180 valence electrons. The van der Waals surface area contributed by atoms with Gasteiger partial charge in [0.05, 0.1) is 11.4 Å². The normalized spacial score (nSPS) is 11.4. The van der Waals surface area contributed by atoms with E-state index in [0.29, 0.717) is 17.9 Å². The van der Waals surface area contributed by atoms with Crippen molar-refractivity contribution in [3.8, 4) is 5.69 Å². The van der Waals surface area contributed by atoms with Crippen LogP contribution in [0, 0.1) is 20.8 Å². The van der Waals surface area contributed by atoms with Gasteiger partial charge in [0, 0.05) is 23.6 Å². The van der Waals surface area contributed by atoms with Gasteiger partial charge < -0.3 is 10.2 Å². The number of nitrogens with zero attached hydrogens (tertiary/aromatic N) is 3. The van der Waals surface area contributed by atoms with Crippen LogP contribution in [0.5, 0.6) is 0 Å². The SMILES string of the molecule is CCCN(CC(=O)Nc1cc(C(C)(C)C)nn1-c1cccc(C)c1C)C(=O)c1ccc(C)cc1. The van der Waals surface area contributed by atoms with Crippen LogP contribution in [0.1, 0.15) is 66.9 Å². The number of carbonyl (C=O) groups is 2. The van der Waals surface area contributed by atoms with E-state index in [2.05, 4.69) is 46.0 Å². The molecule has 3 aromatic rings. The van der Waals surface area contributed by atoms with Crippen LogP contribution < -0.4 is 5.32 Å². The maximum absolute atomic E-state index is 13.1. The Hall–Kier alpha value is -3.41. The lowest BCUT2D eigenvalue weighted by molar-refractivity contribution is -0.116. The molecule has 0 aliphatic carbocycles. The third kappa shape index (κ3) is 5.74. The summed E-state index contributed by atoms with van der Waals surface area (Å²) in [6.07, 6.45) is 0.763. The summed E-state index contributed by atoms with van der Waals surface area (Å²) in [7, 11) is 0. The Kier molecular flexibility index (Phi) is 7.60. The van der Waals surface area contributed by atoms with Crippen LogP contribution >= 0.6 is 0 Å². The lowest BCUT2D eigenvalue weighted by atomic mass is 9.92. The fraction of sp³-hybridized carbons (Fsp3) is 0.393. The van der Waals surface area contributed by atoms with Gasteiger partial charge >= 0.3 is 0 Å². The highest BCUT2D eigenvalue weighted by molar-refractivity contribution is 5.99. The molecule has 1 N–H and O–H groups in total. The van der Waals surface area contributed by atoms with Crippen molar-refractivity contribution in [2.24, 2.45) is 0 Å². The van der Waals surface area contributed by atoms with Gasteiger partial charge in [0.1, 0.15) is 12.4 Å². The molecule has 0 aliphatic heterocycles. The highest BCUT2D eigenvalue weighted by Crippen LogP contribution is 2.28. The van der Waals surface area contributed by atoms with E-state index < -0.39 is 0 Å². The van der Waals surface area contributed by atoms with Gasteiger partial charge in [0.2, 0.25) is 5.91 Å². The first kappa shape index (κ1) is 25.2. The van der Waals surface area contributed by atoms with Crippen molar-refractivity contribution in [3.63, 3.8) is 0 Å². The first-order valence-corrected chi connectivity index (χ1v) is 11.8. The predicted octanol–water partition coefficient (Wildman–Crippen LogP) is 5.59. The zero-order valence-corrected chi connectivity index (χ0v) is 21.4. The third-order valence-corrected chi connectivity index (χ3v) is 5.96. The van der Waals surface area contributed by atoms with Gasteiger partial charge in [-0.2, -0.15) is 5.10 Å². The molecule has 0 radical (unpaired) electrons. The summed E-state index contributed by atoms with van der Waals surface area (Å²) < 4.78 is 1.80. The van der Waals surface area contributed by atoms with Crippen LogP contribution in [0.4, 0.5) is 5.82 Å². The van der Waals surface area contributed by atoms with Crippen LogP contribution in [0.2, 0.25) is 0 Å². The van der Waals surface area contributed by atoms with Crippen LogP contribution in [0.15, 0.2) is 48.5 Å². The van der Waals surface area contributed by atoms with Crippen molar-refractivity contribution >= 4 is 17.6 Å². The molecule has 2 aromatic carbocycles. The van der Waals surface area contributed by atoms with Gasteiger partial charge in [-0.15, -0.1) is 0 Å². The molecule has 0 unspecified atom stereocenters. The number of anilines is 1. The second-order valence-electron chi connectivity index (χ2n) is 9.94. The van der Waals surface area contributed by atoms with Gasteiger partial charge in [-0.3, -0.25) is 9.59 Å². The molecule has 1 heterocycles. The van der Waals surface area contributed by atoms with Crippen molar-refractivity contribution in [2.75, 3.05) is 18.4 Å². The first-order chi connectivity index (χ1) is 16.0. The van der Waals surface area contributed by atoms with Crippen LogP contribution in [0.25, 0.3) is 5.69 Å². The highest BCUT2D eigenvalue weighted by Gasteiger charge is 2.24. The summed E-state index contributed by atoms with van der Waals surface area (Å²) in [6.45, 7) is 14.9. The van der Waals surface area contributed by atoms with Gasteiger partial charge in [-0.05, 0) is 56.5 Å². The number of rotatable bonds is 7. The monoisotopic (exact) mass is 460 g/mol. The van der Waals surface area contributed by atoms with Gasteiger partial charge in [-0.1, -0.05) is 57.5 Å². The van der Waals surface area contributed by atoms with Gasteiger partial charge in [0.25, 0.3) is 5.91 Å². The molecule has 0 aliphatic rings. The van der Waals surface area contributed by atoms with E-state index in [0.717, 1.165) is 34.5 Å². The van der Waals surface area contributed by atoms with Crippen molar-refractivity contribution in [1.82, 2.24) is 14.7 Å². The maximum Gasteiger partial charge on any atom is 0.254 e. The van der Waals surface area contributed by atoms with Crippen LogP contribution in [0.3, 0.4) is 0 Å². The smallest absolute Gasteiger partial charge is 0.254 e. The molecule has 0 spiro atoms. The molecular weight excluding hydrogens is 424 g/mol. The largest absolute Gasteiger partial charge is 0.329 e. The minimum Gasteiger partial charge on any atom is -0.329 e. The summed E-state index contributed by atoms with van der Waals surface area (Å²) >= 11 is 0. The average Bonchev–Trinajstić information content (AvgIpc) is 3.19. The number of carbonyl (C=O) groups excluding carboxylic acids is 2. The number of aromatic nitrogens is 2. The average molecular weight is 461 g/mol. The van der Waals surface area contributed by atoms with E-state index in [1.54, 1.807) is 9.58 Å². The Bertz CT molecular complexity index is 1170. The standard InChI is InChI=1S/C28H36N4O2/c1-8-16-31(27(34)22-14-12-19(2)13-15-22)18-26(33)29-25-17-24(28(5,6)7)30-32(25)23-11-9-10-20(3)21(23)4/h9-15,17H,8,16,18H2,1-7H3,(H,29,33). The number of hydrogen-bond acceptors (Lipinski definition) is 3. The lowest BCUT2D eigenvalue weighted by Crippen LogP contribution is -2.38. The molecule has 0 saturated carbocycles. The van der Waals surface area contributed by atoms with E-state index in [4.69, 9.17) is 5.10 Å². The van der Waals surface area contributed by atoms with Crippen molar-refractivity contribution in [1.29, 1.82) is 0 Å². The Morgan fingerprint density at radius 1 is 1.03 bits per heavy atom. The fourth-order valence-corrected chi connectivity index (χ4v) is 3.74.